The number of nitrogens with zero attached hydrogens (tertiary/aromatic N) is 6. The van der Waals surface area contributed by atoms with Gasteiger partial charge in [-0.1, -0.05) is 22.8 Å². The van der Waals surface area contributed by atoms with E-state index in [-0.39, 0.29) is 18.0 Å². The largest absolute Gasteiger partial charge is 0.337 e. The summed E-state index contributed by atoms with van der Waals surface area (Å²) in [5.41, 5.74) is 1.64. The normalized spacial score (nSPS) is 11.3. The number of benzene rings is 1. The van der Waals surface area contributed by atoms with Gasteiger partial charge in [0.2, 0.25) is 11.7 Å². The van der Waals surface area contributed by atoms with Gasteiger partial charge in [-0.15, -0.1) is 11.3 Å². The summed E-state index contributed by atoms with van der Waals surface area (Å²) in [6, 6.07) is 12.7. The number of rotatable bonds is 4. The van der Waals surface area contributed by atoms with Crippen molar-refractivity contribution in [1.82, 2.24) is 29.5 Å². The van der Waals surface area contributed by atoms with Gasteiger partial charge in [0.25, 0.3) is 5.56 Å². The number of aromatic nitrogens is 6. The van der Waals surface area contributed by atoms with Crippen molar-refractivity contribution in [3.05, 3.63) is 75.4 Å². The van der Waals surface area contributed by atoms with Gasteiger partial charge in [0.1, 0.15) is 24.1 Å². The molecule has 0 aliphatic rings. The molecule has 0 unspecified atom stereocenters. The maximum Gasteiger partial charge on any atom is 0.293 e. The average molecular weight is 411 g/mol. The maximum atomic E-state index is 12.8. The van der Waals surface area contributed by atoms with Crippen LogP contribution in [-0.4, -0.2) is 29.5 Å². The molecule has 138 valence electrons. The quantitative estimate of drug-likeness (QED) is 0.451. The summed E-state index contributed by atoms with van der Waals surface area (Å²) in [4.78, 5) is 18.1. The molecular formula is C18H11ClN6O2S. The van der Waals surface area contributed by atoms with Crippen molar-refractivity contribution in [1.29, 1.82) is 0 Å². The Bertz CT molecular complexity index is 1320. The molecule has 8 nitrogen and oxygen atoms in total. The van der Waals surface area contributed by atoms with Crippen molar-refractivity contribution >= 4 is 28.5 Å². The molecule has 10 heteroatoms. The van der Waals surface area contributed by atoms with Crippen molar-refractivity contribution in [3.8, 4) is 22.0 Å². The Labute approximate surface area is 166 Å². The summed E-state index contributed by atoms with van der Waals surface area (Å²) in [5, 5.41) is 15.1. The van der Waals surface area contributed by atoms with E-state index in [2.05, 4.69) is 20.3 Å². The number of halogens is 1. The Balaban J connectivity index is 1.46. The Hall–Kier alpha value is -3.30. The Morgan fingerprint density at radius 1 is 1.18 bits per heavy atom. The third-order valence-electron chi connectivity index (χ3n) is 4.12. The first kappa shape index (κ1) is 16.8. The van der Waals surface area contributed by atoms with Crippen LogP contribution in [0.3, 0.4) is 0 Å². The summed E-state index contributed by atoms with van der Waals surface area (Å²) in [6.45, 7) is 0.0649. The van der Waals surface area contributed by atoms with E-state index in [4.69, 9.17) is 16.1 Å². The van der Waals surface area contributed by atoms with Crippen molar-refractivity contribution in [3.63, 3.8) is 0 Å². The molecule has 0 atom stereocenters. The summed E-state index contributed by atoms with van der Waals surface area (Å²) in [7, 11) is 0. The molecule has 0 saturated carbocycles. The average Bonchev–Trinajstić information content (AvgIpc) is 3.45. The molecule has 4 aromatic heterocycles. The highest BCUT2D eigenvalue weighted by atomic mass is 35.5. The Morgan fingerprint density at radius 3 is 2.82 bits per heavy atom. The number of thiophene rings is 1. The molecule has 28 heavy (non-hydrogen) atoms. The van der Waals surface area contributed by atoms with Gasteiger partial charge in [0.05, 0.1) is 4.88 Å². The van der Waals surface area contributed by atoms with Gasteiger partial charge in [-0.05, 0) is 41.8 Å². The van der Waals surface area contributed by atoms with E-state index in [1.165, 1.54) is 15.5 Å². The first-order valence-electron chi connectivity index (χ1n) is 8.25. The zero-order chi connectivity index (χ0) is 19.1. The van der Waals surface area contributed by atoms with E-state index in [1.54, 1.807) is 41.7 Å². The number of hydrogen-bond acceptors (Lipinski definition) is 7. The predicted octanol–water partition coefficient (Wildman–Crippen LogP) is 3.37. The lowest BCUT2D eigenvalue weighted by Crippen LogP contribution is -2.25. The molecule has 5 rings (SSSR count). The summed E-state index contributed by atoms with van der Waals surface area (Å²) < 4.78 is 8.02. The van der Waals surface area contributed by atoms with Gasteiger partial charge in [-0.2, -0.15) is 15.2 Å². The second kappa shape index (κ2) is 6.70. The van der Waals surface area contributed by atoms with E-state index in [0.717, 1.165) is 16.1 Å². The molecule has 0 radical (unpaired) electrons. The SMILES string of the molecule is O=c1c2cc(-c3cccs3)nn2cnn1Cc1nc(-c2ccc(Cl)cc2)no1. The van der Waals surface area contributed by atoms with Crippen LogP contribution in [0.25, 0.3) is 27.5 Å². The lowest BCUT2D eigenvalue weighted by Gasteiger charge is -2.00. The summed E-state index contributed by atoms with van der Waals surface area (Å²) in [5.74, 6) is 0.701. The van der Waals surface area contributed by atoms with Crippen LogP contribution in [0.2, 0.25) is 5.02 Å². The Kier molecular flexibility index (Phi) is 4.03. The standard InChI is InChI=1S/C18H11ClN6O2S/c19-12-5-3-11(4-6-12)17-21-16(27-23-17)9-24-18(26)14-8-13(15-2-1-7-28-15)22-25(14)10-20-24/h1-8,10H,9H2. The van der Waals surface area contributed by atoms with Crippen LogP contribution in [-0.2, 0) is 6.54 Å². The van der Waals surface area contributed by atoms with Gasteiger partial charge in [-0.25, -0.2) is 9.20 Å². The third kappa shape index (κ3) is 3.00. The molecule has 0 N–H and O–H groups in total. The highest BCUT2D eigenvalue weighted by Crippen LogP contribution is 2.23. The second-order valence-corrected chi connectivity index (χ2v) is 7.33. The fraction of sp³-hybridized carbons (Fsp3) is 0.0556. The first-order chi connectivity index (χ1) is 13.7. The number of fused-ring (bicyclic) bond motifs is 1. The monoisotopic (exact) mass is 410 g/mol. The van der Waals surface area contributed by atoms with Crippen LogP contribution < -0.4 is 5.56 Å². The fourth-order valence-electron chi connectivity index (χ4n) is 2.76. The molecule has 0 saturated heterocycles. The zero-order valence-corrected chi connectivity index (χ0v) is 15.8. The molecular weight excluding hydrogens is 400 g/mol. The highest BCUT2D eigenvalue weighted by molar-refractivity contribution is 7.13. The molecule has 5 aromatic rings. The second-order valence-electron chi connectivity index (χ2n) is 5.95. The lowest BCUT2D eigenvalue weighted by atomic mass is 10.2. The highest BCUT2D eigenvalue weighted by Gasteiger charge is 2.14. The molecule has 0 fully saturated rings. The molecule has 1 aromatic carbocycles. The van der Waals surface area contributed by atoms with Crippen LogP contribution in [0.1, 0.15) is 5.89 Å². The molecule has 0 aliphatic heterocycles. The van der Waals surface area contributed by atoms with Crippen molar-refractivity contribution in [2.75, 3.05) is 0 Å². The van der Waals surface area contributed by atoms with Crippen LogP contribution >= 0.6 is 22.9 Å². The van der Waals surface area contributed by atoms with Gasteiger partial charge in [0, 0.05) is 10.6 Å². The first-order valence-corrected chi connectivity index (χ1v) is 9.51. The molecule has 0 aliphatic carbocycles. The van der Waals surface area contributed by atoms with E-state index in [0.29, 0.717) is 16.4 Å². The smallest absolute Gasteiger partial charge is 0.293 e. The van der Waals surface area contributed by atoms with Crippen molar-refractivity contribution in [2.24, 2.45) is 0 Å². The maximum absolute atomic E-state index is 12.8. The van der Waals surface area contributed by atoms with E-state index >= 15 is 0 Å². The van der Waals surface area contributed by atoms with Crippen LogP contribution in [0.5, 0.6) is 0 Å². The van der Waals surface area contributed by atoms with Crippen molar-refractivity contribution < 1.29 is 4.52 Å². The molecule has 0 bridgehead atoms. The summed E-state index contributed by atoms with van der Waals surface area (Å²) in [6.07, 6.45) is 1.49. The topological polar surface area (TPSA) is 91.1 Å². The predicted molar refractivity (Wildman–Crippen MR) is 104 cm³/mol. The molecule has 0 amide bonds. The van der Waals surface area contributed by atoms with Gasteiger partial charge >= 0.3 is 0 Å². The fourth-order valence-corrected chi connectivity index (χ4v) is 3.57. The molecule has 0 spiro atoms. The minimum absolute atomic E-state index is 0.0649. The summed E-state index contributed by atoms with van der Waals surface area (Å²) >= 11 is 7.45. The van der Waals surface area contributed by atoms with Gasteiger partial charge in [-0.3, -0.25) is 4.79 Å². The lowest BCUT2D eigenvalue weighted by molar-refractivity contribution is 0.362. The van der Waals surface area contributed by atoms with E-state index in [1.807, 2.05) is 17.5 Å². The van der Waals surface area contributed by atoms with E-state index in [9.17, 15) is 4.79 Å². The number of hydrogen-bond donors (Lipinski definition) is 0. The van der Waals surface area contributed by atoms with Crippen LogP contribution in [0, 0.1) is 0 Å². The van der Waals surface area contributed by atoms with Gasteiger partial charge < -0.3 is 4.52 Å². The minimum atomic E-state index is -0.288. The molecule has 4 heterocycles. The van der Waals surface area contributed by atoms with Crippen LogP contribution in [0.15, 0.2) is 63.5 Å². The van der Waals surface area contributed by atoms with Crippen LogP contribution in [0.4, 0.5) is 0 Å². The van der Waals surface area contributed by atoms with E-state index < -0.39 is 0 Å². The Morgan fingerprint density at radius 2 is 2.04 bits per heavy atom. The van der Waals surface area contributed by atoms with Crippen molar-refractivity contribution in [2.45, 2.75) is 6.54 Å². The van der Waals surface area contributed by atoms with Gasteiger partial charge in [0.15, 0.2) is 0 Å². The zero-order valence-electron chi connectivity index (χ0n) is 14.2. The third-order valence-corrected chi connectivity index (χ3v) is 5.26. The minimum Gasteiger partial charge on any atom is -0.337 e.